The van der Waals surface area contributed by atoms with Crippen molar-refractivity contribution in [1.82, 2.24) is 0 Å². The molecular formula is C15H14O. The second-order valence-corrected chi connectivity index (χ2v) is 3.62. The minimum Gasteiger partial charge on any atom is -0.489 e. The Kier molecular flexibility index (Phi) is 3.60. The first-order valence-corrected chi connectivity index (χ1v) is 5.34. The Labute approximate surface area is 96.7 Å². The number of ether oxygens (including phenoxy) is 1. The predicted octanol–water partition coefficient (Wildman–Crippen LogP) is 3.52. The molecule has 80 valence electrons. The summed E-state index contributed by atoms with van der Waals surface area (Å²) in [6.07, 6.45) is 0.568. The summed E-state index contributed by atoms with van der Waals surface area (Å²) in [4.78, 5) is 0. The van der Waals surface area contributed by atoms with Gasteiger partial charge in [0.1, 0.15) is 12.4 Å². The lowest BCUT2D eigenvalue weighted by Crippen LogP contribution is -1.94. The second-order valence-electron chi connectivity index (χ2n) is 3.62. The third-order valence-electron chi connectivity index (χ3n) is 2.41. The summed E-state index contributed by atoms with van der Waals surface area (Å²) in [6, 6.07) is 18.0. The zero-order chi connectivity index (χ0) is 11.2. The number of hydrogen-bond acceptors (Lipinski definition) is 1. The minimum absolute atomic E-state index is 0.568. The van der Waals surface area contributed by atoms with Gasteiger partial charge in [-0.1, -0.05) is 42.5 Å². The van der Waals surface area contributed by atoms with Crippen molar-refractivity contribution in [1.29, 1.82) is 0 Å². The maximum atomic E-state index is 5.65. The lowest BCUT2D eigenvalue weighted by molar-refractivity contribution is 0.306. The van der Waals surface area contributed by atoms with Crippen molar-refractivity contribution >= 4 is 0 Å². The Hall–Kier alpha value is -1.76. The van der Waals surface area contributed by atoms with Crippen LogP contribution in [0.1, 0.15) is 11.1 Å². The summed E-state index contributed by atoms with van der Waals surface area (Å²) >= 11 is 0. The monoisotopic (exact) mass is 210 g/mol. The van der Waals surface area contributed by atoms with Gasteiger partial charge in [0.05, 0.1) is 0 Å². The van der Waals surface area contributed by atoms with Crippen LogP contribution < -0.4 is 4.74 Å². The molecule has 0 heterocycles. The summed E-state index contributed by atoms with van der Waals surface area (Å²) < 4.78 is 5.65. The highest BCUT2D eigenvalue weighted by Crippen LogP contribution is 2.14. The second kappa shape index (κ2) is 5.36. The predicted molar refractivity (Wildman–Crippen MR) is 65.2 cm³/mol. The maximum absolute atomic E-state index is 5.65. The van der Waals surface area contributed by atoms with Gasteiger partial charge < -0.3 is 4.74 Å². The van der Waals surface area contributed by atoms with Gasteiger partial charge in [0.15, 0.2) is 0 Å². The van der Waals surface area contributed by atoms with Crippen LogP contribution in [0.15, 0.2) is 54.6 Å². The van der Waals surface area contributed by atoms with Gasteiger partial charge in [0.25, 0.3) is 0 Å². The molecular weight excluding hydrogens is 196 g/mol. The molecule has 2 rings (SSSR count). The molecule has 2 radical (unpaired) electrons. The highest BCUT2D eigenvalue weighted by molar-refractivity contribution is 5.28. The summed E-state index contributed by atoms with van der Waals surface area (Å²) in [6.45, 7) is 6.12. The van der Waals surface area contributed by atoms with Gasteiger partial charge in [0, 0.05) is 0 Å². The summed E-state index contributed by atoms with van der Waals surface area (Å²) in [5.74, 6) is 0.876. The largest absolute Gasteiger partial charge is 0.489 e. The Morgan fingerprint density at radius 3 is 2.12 bits per heavy atom. The van der Waals surface area contributed by atoms with Crippen molar-refractivity contribution in [3.05, 3.63) is 72.6 Å². The Balaban J connectivity index is 1.94. The van der Waals surface area contributed by atoms with E-state index < -0.39 is 0 Å². The molecule has 0 aliphatic carbocycles. The molecule has 2 aromatic rings. The third-order valence-corrected chi connectivity index (χ3v) is 2.41. The highest BCUT2D eigenvalue weighted by Gasteiger charge is 1.95. The first-order chi connectivity index (χ1) is 7.88. The molecule has 0 aromatic heterocycles. The molecule has 0 bridgehead atoms. The van der Waals surface area contributed by atoms with Gasteiger partial charge in [-0.25, -0.2) is 0 Å². The van der Waals surface area contributed by atoms with E-state index in [1.54, 1.807) is 0 Å². The Morgan fingerprint density at radius 1 is 0.812 bits per heavy atom. The first-order valence-electron chi connectivity index (χ1n) is 5.34. The Bertz CT molecular complexity index is 417. The normalized spacial score (nSPS) is 10.1. The van der Waals surface area contributed by atoms with E-state index in [9.17, 15) is 0 Å². The van der Waals surface area contributed by atoms with Crippen LogP contribution in [-0.4, -0.2) is 0 Å². The van der Waals surface area contributed by atoms with E-state index in [1.807, 2.05) is 54.6 Å². The third kappa shape index (κ3) is 2.86. The summed E-state index contributed by atoms with van der Waals surface area (Å²) in [7, 11) is 0. The van der Waals surface area contributed by atoms with Crippen molar-refractivity contribution in [3.63, 3.8) is 0 Å². The van der Waals surface area contributed by atoms with Crippen molar-refractivity contribution in [3.8, 4) is 5.75 Å². The van der Waals surface area contributed by atoms with E-state index >= 15 is 0 Å². The van der Waals surface area contributed by atoms with E-state index in [-0.39, 0.29) is 0 Å². The topological polar surface area (TPSA) is 9.23 Å². The van der Waals surface area contributed by atoms with Crippen molar-refractivity contribution in [2.75, 3.05) is 0 Å². The SMILES string of the molecule is [CH]Cc1ccc(OCc2ccccc2)cc1. The lowest BCUT2D eigenvalue weighted by atomic mass is 10.2. The van der Waals surface area contributed by atoms with E-state index in [1.165, 1.54) is 5.56 Å². The quantitative estimate of drug-likeness (QED) is 0.750. The maximum Gasteiger partial charge on any atom is 0.119 e. The molecule has 1 nitrogen and oxygen atoms in total. The fraction of sp³-hybridized carbons (Fsp3) is 0.133. The van der Waals surface area contributed by atoms with Gasteiger partial charge in [-0.15, -0.1) is 0 Å². The molecule has 0 spiro atoms. The number of hydrogen-bond donors (Lipinski definition) is 0. The molecule has 16 heavy (non-hydrogen) atoms. The molecule has 0 unspecified atom stereocenters. The molecule has 0 fully saturated rings. The number of benzene rings is 2. The summed E-state index contributed by atoms with van der Waals surface area (Å²) in [5.41, 5.74) is 2.29. The highest BCUT2D eigenvalue weighted by atomic mass is 16.5. The van der Waals surface area contributed by atoms with Gasteiger partial charge >= 0.3 is 0 Å². The van der Waals surface area contributed by atoms with Crippen LogP contribution in [0.5, 0.6) is 5.75 Å². The van der Waals surface area contributed by atoms with Crippen molar-refractivity contribution in [2.45, 2.75) is 13.0 Å². The average molecular weight is 210 g/mol. The van der Waals surface area contributed by atoms with Gasteiger partial charge in [-0.05, 0) is 36.6 Å². The minimum atomic E-state index is 0.568. The molecule has 0 aliphatic heterocycles. The molecule has 0 saturated heterocycles. The van der Waals surface area contributed by atoms with Crippen LogP contribution in [-0.2, 0) is 13.0 Å². The fourth-order valence-electron chi connectivity index (χ4n) is 1.46. The molecule has 0 atom stereocenters. The van der Waals surface area contributed by atoms with Crippen LogP contribution in [0.3, 0.4) is 0 Å². The van der Waals surface area contributed by atoms with Crippen molar-refractivity contribution < 1.29 is 4.74 Å². The van der Waals surface area contributed by atoms with Crippen LogP contribution >= 0.6 is 0 Å². The first kappa shape index (κ1) is 10.7. The smallest absolute Gasteiger partial charge is 0.119 e. The van der Waals surface area contributed by atoms with E-state index in [0.717, 1.165) is 11.3 Å². The zero-order valence-electron chi connectivity index (χ0n) is 9.10. The van der Waals surface area contributed by atoms with Gasteiger partial charge in [0.2, 0.25) is 0 Å². The van der Waals surface area contributed by atoms with Crippen LogP contribution in [0, 0.1) is 6.92 Å². The Morgan fingerprint density at radius 2 is 1.50 bits per heavy atom. The molecule has 1 heteroatoms. The van der Waals surface area contributed by atoms with Crippen LogP contribution in [0.25, 0.3) is 0 Å². The standard InChI is InChI=1S/C15H14O/c1-2-13-8-10-15(11-9-13)16-12-14-6-4-3-5-7-14/h1,3-11H,2,12H2. The summed E-state index contributed by atoms with van der Waals surface area (Å²) in [5, 5.41) is 0. The van der Waals surface area contributed by atoms with E-state index in [4.69, 9.17) is 11.7 Å². The zero-order valence-corrected chi connectivity index (χ0v) is 9.10. The van der Waals surface area contributed by atoms with Gasteiger partial charge in [-0.2, -0.15) is 0 Å². The molecule has 2 aromatic carbocycles. The lowest BCUT2D eigenvalue weighted by Gasteiger charge is -2.06. The van der Waals surface area contributed by atoms with Gasteiger partial charge in [-0.3, -0.25) is 0 Å². The van der Waals surface area contributed by atoms with Crippen LogP contribution in [0.2, 0.25) is 0 Å². The molecule has 0 N–H and O–H groups in total. The molecule has 0 amide bonds. The van der Waals surface area contributed by atoms with Crippen LogP contribution in [0.4, 0.5) is 0 Å². The van der Waals surface area contributed by atoms with E-state index in [2.05, 4.69) is 0 Å². The fourth-order valence-corrected chi connectivity index (χ4v) is 1.46. The molecule has 0 aliphatic rings. The average Bonchev–Trinajstić information content (AvgIpc) is 2.38. The molecule has 0 saturated carbocycles. The number of rotatable bonds is 4. The van der Waals surface area contributed by atoms with Crippen molar-refractivity contribution in [2.24, 2.45) is 0 Å². The van der Waals surface area contributed by atoms with E-state index in [0.29, 0.717) is 13.0 Å².